The Morgan fingerprint density at radius 1 is 1.18 bits per heavy atom. The molecule has 2 heterocycles. The van der Waals surface area contributed by atoms with Gasteiger partial charge in [-0.2, -0.15) is 13.2 Å². The minimum absolute atomic E-state index is 0.0562. The van der Waals surface area contributed by atoms with Gasteiger partial charge in [-0.25, -0.2) is 0 Å². The molecule has 33 heavy (non-hydrogen) atoms. The van der Waals surface area contributed by atoms with Crippen molar-refractivity contribution in [3.8, 4) is 5.88 Å². The van der Waals surface area contributed by atoms with Gasteiger partial charge in [0, 0.05) is 35.9 Å². The van der Waals surface area contributed by atoms with Gasteiger partial charge in [-0.15, -0.1) is 0 Å². The summed E-state index contributed by atoms with van der Waals surface area (Å²) in [5.41, 5.74) is 3.15. The zero-order valence-corrected chi connectivity index (χ0v) is 18.4. The molecule has 1 aromatic heterocycles. The molecule has 0 saturated carbocycles. The fourth-order valence-corrected chi connectivity index (χ4v) is 5.16. The minimum atomic E-state index is -4.49. The van der Waals surface area contributed by atoms with Gasteiger partial charge in [0.2, 0.25) is 0 Å². The molecule has 3 aromatic rings. The van der Waals surface area contributed by atoms with Gasteiger partial charge in [0.1, 0.15) is 0 Å². The molecule has 1 aliphatic heterocycles. The lowest BCUT2D eigenvalue weighted by Gasteiger charge is -2.38. The molecule has 5 rings (SSSR count). The number of anilines is 1. The molecule has 2 N–H and O–H groups in total. The number of aromatic amines is 1. The molecular formula is C26H26F3N3O. The zero-order chi connectivity index (χ0) is 23.2. The number of aromatic nitrogens is 1. The van der Waals surface area contributed by atoms with Crippen molar-refractivity contribution in [1.29, 1.82) is 0 Å². The van der Waals surface area contributed by atoms with Crippen LogP contribution in [0.5, 0.6) is 5.88 Å². The number of aromatic hydroxyl groups is 1. The highest BCUT2D eigenvalue weighted by Crippen LogP contribution is 2.42. The maximum atomic E-state index is 14.0. The molecule has 7 heteroatoms. The van der Waals surface area contributed by atoms with Crippen LogP contribution in [0.25, 0.3) is 10.9 Å². The molecule has 0 bridgehead atoms. The van der Waals surface area contributed by atoms with E-state index in [2.05, 4.69) is 16.1 Å². The minimum Gasteiger partial charge on any atom is -0.494 e. The van der Waals surface area contributed by atoms with Gasteiger partial charge in [0.15, 0.2) is 5.88 Å². The van der Waals surface area contributed by atoms with E-state index in [1.165, 1.54) is 24.3 Å². The van der Waals surface area contributed by atoms with E-state index in [4.69, 9.17) is 0 Å². The topological polar surface area (TPSA) is 51.6 Å². The first kappa shape index (κ1) is 21.6. The lowest BCUT2D eigenvalue weighted by molar-refractivity contribution is -0.137. The summed E-state index contributed by atoms with van der Waals surface area (Å²) in [6.07, 6.45) is 3.36. The summed E-state index contributed by atoms with van der Waals surface area (Å²) < 4.78 is 42.1. The summed E-state index contributed by atoms with van der Waals surface area (Å²) in [4.78, 5) is 9.02. The van der Waals surface area contributed by atoms with Crippen LogP contribution in [0.2, 0.25) is 0 Å². The van der Waals surface area contributed by atoms with Crippen molar-refractivity contribution in [3.05, 3.63) is 64.7 Å². The van der Waals surface area contributed by atoms with Crippen molar-refractivity contribution in [1.82, 2.24) is 4.98 Å². The first-order valence-electron chi connectivity index (χ1n) is 11.3. The highest BCUT2D eigenvalue weighted by atomic mass is 19.4. The Kier molecular flexibility index (Phi) is 5.43. The van der Waals surface area contributed by atoms with Gasteiger partial charge in [0.25, 0.3) is 0 Å². The van der Waals surface area contributed by atoms with Gasteiger partial charge in [-0.3, -0.25) is 4.99 Å². The van der Waals surface area contributed by atoms with Crippen molar-refractivity contribution < 1.29 is 18.3 Å². The molecule has 2 aliphatic rings. The predicted molar refractivity (Wildman–Crippen MR) is 126 cm³/mol. The largest absolute Gasteiger partial charge is 0.494 e. The molecule has 0 radical (unpaired) electrons. The summed E-state index contributed by atoms with van der Waals surface area (Å²) in [5.74, 6) is 0.458. The van der Waals surface area contributed by atoms with Crippen molar-refractivity contribution in [2.45, 2.75) is 38.8 Å². The monoisotopic (exact) mass is 453 g/mol. The standard InChI is InChI=1S/C26H26F3N3O/c1-16-5-4-8-22-24(16)20(25(33)31-22)14-30-19-9-10-23(21(13-19)26(27,28)29)32-12-11-17-6-2-3-7-18(17)15-32/h4-5,7-10,13-14,17,31,33H,2-3,6,11-12,15H2,1H3. The molecule has 172 valence electrons. The van der Waals surface area contributed by atoms with Crippen LogP contribution in [0.1, 0.15) is 42.4 Å². The van der Waals surface area contributed by atoms with E-state index in [9.17, 15) is 18.3 Å². The number of alkyl halides is 3. The van der Waals surface area contributed by atoms with Crippen LogP contribution < -0.4 is 4.90 Å². The number of aryl methyl sites for hydroxylation is 1. The third-order valence-electron chi connectivity index (χ3n) is 6.83. The van der Waals surface area contributed by atoms with E-state index < -0.39 is 11.7 Å². The van der Waals surface area contributed by atoms with Crippen LogP contribution >= 0.6 is 0 Å². The van der Waals surface area contributed by atoms with Crippen LogP contribution in [-0.2, 0) is 6.18 Å². The van der Waals surface area contributed by atoms with Crippen LogP contribution in [0.4, 0.5) is 24.5 Å². The van der Waals surface area contributed by atoms with E-state index in [1.807, 2.05) is 30.0 Å². The number of piperidine rings is 1. The Labute approximate surface area is 190 Å². The maximum absolute atomic E-state index is 14.0. The molecule has 1 saturated heterocycles. The number of nitrogens with one attached hydrogen (secondary N) is 1. The first-order chi connectivity index (χ1) is 15.8. The molecule has 0 amide bonds. The molecule has 4 nitrogen and oxygen atoms in total. The molecule has 2 aromatic carbocycles. The van der Waals surface area contributed by atoms with Crippen molar-refractivity contribution in [2.24, 2.45) is 10.9 Å². The molecule has 0 spiro atoms. The zero-order valence-electron chi connectivity index (χ0n) is 18.4. The molecule has 1 unspecified atom stereocenters. The second-order valence-electron chi connectivity index (χ2n) is 8.96. The fraction of sp³-hybridized carbons (Fsp3) is 0.346. The summed E-state index contributed by atoms with van der Waals surface area (Å²) >= 11 is 0. The number of benzene rings is 2. The lowest BCUT2D eigenvalue weighted by Crippen LogP contribution is -2.37. The average Bonchev–Trinajstić information content (AvgIpc) is 3.13. The second kappa shape index (κ2) is 8.28. The van der Waals surface area contributed by atoms with Crippen molar-refractivity contribution >= 4 is 28.5 Å². The van der Waals surface area contributed by atoms with Gasteiger partial charge in [-0.1, -0.05) is 23.8 Å². The van der Waals surface area contributed by atoms with Crippen molar-refractivity contribution in [3.63, 3.8) is 0 Å². The number of aliphatic imine (C=N–C) groups is 1. The van der Waals surface area contributed by atoms with E-state index in [0.29, 0.717) is 24.6 Å². The Bertz CT molecular complexity index is 1260. The van der Waals surface area contributed by atoms with Crippen LogP contribution in [0.3, 0.4) is 0 Å². The van der Waals surface area contributed by atoms with E-state index in [0.717, 1.165) is 41.8 Å². The lowest BCUT2D eigenvalue weighted by atomic mass is 9.82. The van der Waals surface area contributed by atoms with Gasteiger partial charge in [-0.05, 0) is 68.4 Å². The number of rotatable bonds is 3. The summed E-state index contributed by atoms with van der Waals surface area (Å²) in [6.45, 7) is 3.09. The highest BCUT2D eigenvalue weighted by Gasteiger charge is 2.36. The maximum Gasteiger partial charge on any atom is 0.418 e. The Hall–Kier alpha value is -3.22. The number of hydrogen-bond donors (Lipinski definition) is 2. The number of halogens is 3. The SMILES string of the molecule is Cc1cccc2[nH]c(O)c(C=Nc3ccc(N4CCC5CCCC=C5C4)c(C(F)(F)F)c3)c12. The highest BCUT2D eigenvalue weighted by molar-refractivity contribution is 6.04. The van der Waals surface area contributed by atoms with Gasteiger partial charge in [0.05, 0.1) is 16.8 Å². The summed E-state index contributed by atoms with van der Waals surface area (Å²) in [7, 11) is 0. The third-order valence-corrected chi connectivity index (χ3v) is 6.83. The Balaban J connectivity index is 1.48. The smallest absolute Gasteiger partial charge is 0.418 e. The predicted octanol–water partition coefficient (Wildman–Crippen LogP) is 6.89. The fourth-order valence-electron chi connectivity index (χ4n) is 5.16. The van der Waals surface area contributed by atoms with Crippen LogP contribution in [0.15, 0.2) is 53.0 Å². The molecule has 1 atom stereocenters. The second-order valence-corrected chi connectivity index (χ2v) is 8.96. The summed E-state index contributed by atoms with van der Waals surface area (Å²) in [6, 6.07) is 9.86. The number of nitrogens with zero attached hydrogens (tertiary/aromatic N) is 2. The first-order valence-corrected chi connectivity index (χ1v) is 11.3. The number of fused-ring (bicyclic) bond motifs is 2. The average molecular weight is 454 g/mol. The van der Waals surface area contributed by atoms with Gasteiger partial charge < -0.3 is 15.0 Å². The normalized spacial score (nSPS) is 19.2. The number of allylic oxidation sites excluding steroid dienone is 1. The number of H-pyrrole nitrogens is 1. The molecule has 1 aliphatic carbocycles. The van der Waals surface area contributed by atoms with E-state index in [-0.39, 0.29) is 17.3 Å². The van der Waals surface area contributed by atoms with E-state index >= 15 is 0 Å². The molecular weight excluding hydrogens is 427 g/mol. The van der Waals surface area contributed by atoms with Crippen LogP contribution in [-0.4, -0.2) is 29.4 Å². The van der Waals surface area contributed by atoms with Gasteiger partial charge >= 0.3 is 6.18 Å². The van der Waals surface area contributed by atoms with E-state index in [1.54, 1.807) is 6.07 Å². The number of hydrogen-bond acceptors (Lipinski definition) is 3. The quantitative estimate of drug-likeness (QED) is 0.335. The molecule has 1 fully saturated rings. The Morgan fingerprint density at radius 3 is 2.85 bits per heavy atom. The summed E-state index contributed by atoms with van der Waals surface area (Å²) in [5, 5.41) is 11.1. The van der Waals surface area contributed by atoms with Crippen molar-refractivity contribution in [2.75, 3.05) is 18.0 Å². The Morgan fingerprint density at radius 2 is 2.03 bits per heavy atom. The van der Waals surface area contributed by atoms with Crippen LogP contribution in [0, 0.1) is 12.8 Å². The third kappa shape index (κ3) is 4.12.